The Balaban J connectivity index is 1.60. The van der Waals surface area contributed by atoms with Crippen molar-refractivity contribution < 1.29 is 9.59 Å². The number of rotatable bonds is 8. The predicted molar refractivity (Wildman–Crippen MR) is 82.8 cm³/mol. The maximum atomic E-state index is 12.1. The van der Waals surface area contributed by atoms with Gasteiger partial charge in [-0.25, -0.2) is 0 Å². The van der Waals surface area contributed by atoms with Crippen molar-refractivity contribution in [2.24, 2.45) is 11.8 Å². The van der Waals surface area contributed by atoms with Gasteiger partial charge in [-0.15, -0.1) is 0 Å². The van der Waals surface area contributed by atoms with E-state index in [1.807, 2.05) is 4.90 Å². The van der Waals surface area contributed by atoms with Crippen LogP contribution in [-0.2, 0) is 9.59 Å². The van der Waals surface area contributed by atoms with E-state index in [0.29, 0.717) is 6.54 Å². The van der Waals surface area contributed by atoms with Crippen LogP contribution in [0.15, 0.2) is 0 Å². The molecule has 1 saturated heterocycles. The second kappa shape index (κ2) is 8.37. The van der Waals surface area contributed by atoms with E-state index in [0.717, 1.165) is 57.8 Å². The second-order valence-electron chi connectivity index (χ2n) is 6.37. The first-order valence-electron chi connectivity index (χ1n) is 8.47. The van der Waals surface area contributed by atoms with Gasteiger partial charge < -0.3 is 15.5 Å². The Kier molecular flexibility index (Phi) is 6.49. The van der Waals surface area contributed by atoms with Crippen molar-refractivity contribution in [3.05, 3.63) is 0 Å². The number of amides is 2. The number of hydrogen-bond donors (Lipinski definition) is 2. The normalized spacial score (nSPS) is 19.6. The third kappa shape index (κ3) is 5.65. The molecule has 0 aromatic rings. The maximum absolute atomic E-state index is 12.1. The summed E-state index contributed by atoms with van der Waals surface area (Å²) in [6.45, 7) is 5.75. The summed E-state index contributed by atoms with van der Waals surface area (Å²) in [5, 5.41) is 6.24. The van der Waals surface area contributed by atoms with Gasteiger partial charge in [0.25, 0.3) is 0 Å². The Bertz CT molecular complexity index is 347. The fourth-order valence-electron chi connectivity index (χ4n) is 2.74. The van der Waals surface area contributed by atoms with Crippen LogP contribution in [0.2, 0.25) is 0 Å². The fraction of sp³-hybridized carbons (Fsp3) is 0.875. The largest absolute Gasteiger partial charge is 0.356 e. The molecule has 0 aromatic carbocycles. The highest BCUT2D eigenvalue weighted by Crippen LogP contribution is 2.27. The number of nitrogens with zero attached hydrogens (tertiary/aromatic N) is 1. The van der Waals surface area contributed by atoms with Crippen LogP contribution < -0.4 is 10.6 Å². The lowest BCUT2D eigenvalue weighted by atomic mass is 9.96. The lowest BCUT2D eigenvalue weighted by Crippen LogP contribution is -2.46. The maximum Gasteiger partial charge on any atom is 0.236 e. The van der Waals surface area contributed by atoms with Crippen LogP contribution in [0.3, 0.4) is 0 Å². The zero-order chi connectivity index (χ0) is 15.1. The molecule has 2 amide bonds. The van der Waals surface area contributed by atoms with Crippen LogP contribution in [-0.4, -0.2) is 49.4 Å². The van der Waals surface area contributed by atoms with Gasteiger partial charge in [0.2, 0.25) is 11.8 Å². The number of carbonyl (C=O) groups is 2. The molecule has 1 saturated carbocycles. The summed E-state index contributed by atoms with van der Waals surface area (Å²) in [5.74, 6) is 1.24. The molecule has 120 valence electrons. The van der Waals surface area contributed by atoms with Gasteiger partial charge in [-0.1, -0.05) is 13.3 Å². The number of nitrogens with one attached hydrogen (secondary N) is 2. The summed E-state index contributed by atoms with van der Waals surface area (Å²) in [7, 11) is 0. The Morgan fingerprint density at radius 3 is 2.48 bits per heavy atom. The van der Waals surface area contributed by atoms with Crippen molar-refractivity contribution in [2.75, 3.05) is 32.7 Å². The first kappa shape index (κ1) is 16.3. The number of likely N-dealkylation sites (tertiary alicyclic amines) is 1. The highest BCUT2D eigenvalue weighted by molar-refractivity contribution is 5.80. The van der Waals surface area contributed by atoms with Crippen LogP contribution in [0, 0.1) is 11.8 Å². The molecule has 1 aliphatic carbocycles. The smallest absolute Gasteiger partial charge is 0.236 e. The summed E-state index contributed by atoms with van der Waals surface area (Å²) in [6, 6.07) is 0. The molecule has 21 heavy (non-hydrogen) atoms. The molecular formula is C16H29N3O2. The molecule has 0 unspecified atom stereocenters. The van der Waals surface area contributed by atoms with Gasteiger partial charge in [-0.05, 0) is 44.6 Å². The molecule has 5 heteroatoms. The van der Waals surface area contributed by atoms with Gasteiger partial charge in [-0.2, -0.15) is 0 Å². The molecule has 5 nitrogen and oxygen atoms in total. The molecule has 2 aliphatic rings. The summed E-state index contributed by atoms with van der Waals surface area (Å²) < 4.78 is 0. The molecule has 1 heterocycles. The molecule has 0 radical (unpaired) electrons. The van der Waals surface area contributed by atoms with Crippen LogP contribution in [0.5, 0.6) is 0 Å². The van der Waals surface area contributed by atoms with E-state index in [1.165, 1.54) is 12.8 Å². The molecule has 2 fully saturated rings. The number of piperidine rings is 1. The number of hydrogen-bond acceptors (Lipinski definition) is 3. The van der Waals surface area contributed by atoms with Crippen molar-refractivity contribution in [1.82, 2.24) is 15.5 Å². The third-order valence-corrected chi connectivity index (χ3v) is 4.45. The molecule has 0 aromatic heterocycles. The van der Waals surface area contributed by atoms with Crippen molar-refractivity contribution in [1.29, 1.82) is 0 Å². The minimum atomic E-state index is 0.0883. The summed E-state index contributed by atoms with van der Waals surface area (Å²) in [5.41, 5.74) is 0. The van der Waals surface area contributed by atoms with E-state index in [1.54, 1.807) is 0 Å². The number of unbranched alkanes of at least 4 members (excludes halogenated alkanes) is 1. The molecule has 0 bridgehead atoms. The van der Waals surface area contributed by atoms with Crippen LogP contribution in [0.25, 0.3) is 0 Å². The molecule has 1 aliphatic heterocycles. The van der Waals surface area contributed by atoms with Crippen molar-refractivity contribution in [3.63, 3.8) is 0 Å². The zero-order valence-electron chi connectivity index (χ0n) is 13.2. The Morgan fingerprint density at radius 1 is 1.14 bits per heavy atom. The minimum Gasteiger partial charge on any atom is -0.356 e. The van der Waals surface area contributed by atoms with E-state index in [-0.39, 0.29) is 17.7 Å². The second-order valence-corrected chi connectivity index (χ2v) is 6.37. The summed E-state index contributed by atoms with van der Waals surface area (Å²) >= 11 is 0. The molecule has 0 atom stereocenters. The van der Waals surface area contributed by atoms with Gasteiger partial charge in [0, 0.05) is 25.6 Å². The van der Waals surface area contributed by atoms with E-state index in [4.69, 9.17) is 0 Å². The predicted octanol–water partition coefficient (Wildman–Crippen LogP) is 1.14. The summed E-state index contributed by atoms with van der Waals surface area (Å²) in [4.78, 5) is 25.9. The first-order chi connectivity index (χ1) is 10.2. The molecule has 2 N–H and O–H groups in total. The van der Waals surface area contributed by atoms with Gasteiger partial charge in [0.15, 0.2) is 0 Å². The van der Waals surface area contributed by atoms with Crippen molar-refractivity contribution in [3.8, 4) is 0 Å². The zero-order valence-corrected chi connectivity index (χ0v) is 13.2. The average Bonchev–Trinajstić information content (AvgIpc) is 3.31. The minimum absolute atomic E-state index is 0.0883. The molecular weight excluding hydrogens is 266 g/mol. The third-order valence-electron chi connectivity index (χ3n) is 4.45. The van der Waals surface area contributed by atoms with Gasteiger partial charge in [0.1, 0.15) is 0 Å². The average molecular weight is 295 g/mol. The van der Waals surface area contributed by atoms with Crippen LogP contribution in [0.4, 0.5) is 0 Å². The lowest BCUT2D eigenvalue weighted by molar-refractivity contribution is -0.134. The van der Waals surface area contributed by atoms with Crippen molar-refractivity contribution >= 4 is 11.8 Å². The Labute approximate surface area is 127 Å². The monoisotopic (exact) mass is 295 g/mol. The molecule has 2 rings (SSSR count). The topological polar surface area (TPSA) is 61.4 Å². The standard InChI is InChI=1S/C16H29N3O2/c1-2-3-8-18-16(21)14-6-9-19(10-7-14)15(20)12-17-11-13-4-5-13/h13-14,17H,2-12H2,1H3,(H,18,21). The first-order valence-corrected chi connectivity index (χ1v) is 8.47. The fourth-order valence-corrected chi connectivity index (χ4v) is 2.74. The highest BCUT2D eigenvalue weighted by atomic mass is 16.2. The van der Waals surface area contributed by atoms with Crippen LogP contribution in [0.1, 0.15) is 45.4 Å². The molecule has 0 spiro atoms. The van der Waals surface area contributed by atoms with E-state index >= 15 is 0 Å². The lowest BCUT2D eigenvalue weighted by Gasteiger charge is -2.31. The Hall–Kier alpha value is -1.10. The quantitative estimate of drug-likeness (QED) is 0.660. The van der Waals surface area contributed by atoms with Gasteiger partial charge in [-0.3, -0.25) is 9.59 Å². The number of carbonyl (C=O) groups excluding carboxylic acids is 2. The van der Waals surface area contributed by atoms with E-state index in [2.05, 4.69) is 17.6 Å². The van der Waals surface area contributed by atoms with Gasteiger partial charge >= 0.3 is 0 Å². The van der Waals surface area contributed by atoms with E-state index < -0.39 is 0 Å². The SMILES string of the molecule is CCCCNC(=O)C1CCN(C(=O)CNCC2CC2)CC1. The van der Waals surface area contributed by atoms with Gasteiger partial charge in [0.05, 0.1) is 6.54 Å². The van der Waals surface area contributed by atoms with Crippen LogP contribution >= 0.6 is 0 Å². The summed E-state index contributed by atoms with van der Waals surface area (Å²) in [6.07, 6.45) is 6.34. The highest BCUT2D eigenvalue weighted by Gasteiger charge is 2.27. The van der Waals surface area contributed by atoms with Crippen molar-refractivity contribution in [2.45, 2.75) is 45.4 Å². The van der Waals surface area contributed by atoms with E-state index in [9.17, 15) is 9.59 Å². The Morgan fingerprint density at radius 2 is 1.86 bits per heavy atom.